The average Bonchev–Trinajstić information content (AvgIpc) is 3.90. The maximum atomic E-state index is 4.68. The number of benzene rings is 7. The molecule has 230 valence electrons. The monoisotopic (exact) mass is 627 g/mol. The highest BCUT2D eigenvalue weighted by molar-refractivity contribution is 6.22. The minimum absolute atomic E-state index is 0.807. The molecule has 0 N–H and O–H groups in total. The van der Waals surface area contributed by atoms with Gasteiger partial charge in [-0.3, -0.25) is 4.57 Å². The fraction of sp³-hybridized carbons (Fsp3) is 0. The lowest BCUT2D eigenvalue weighted by Gasteiger charge is -2.14. The van der Waals surface area contributed by atoms with Crippen LogP contribution in [-0.4, -0.2) is 23.9 Å². The molecular formula is C44H29N5. The van der Waals surface area contributed by atoms with Crippen LogP contribution in [0, 0.1) is 0 Å². The van der Waals surface area contributed by atoms with Gasteiger partial charge in [-0.15, -0.1) is 10.2 Å². The van der Waals surface area contributed by atoms with Crippen LogP contribution in [-0.2, 0) is 0 Å². The molecule has 0 aliphatic heterocycles. The van der Waals surface area contributed by atoms with Gasteiger partial charge in [0.25, 0.3) is 0 Å². The molecule has 5 nitrogen and oxygen atoms in total. The normalized spacial score (nSPS) is 11.7. The molecule has 5 heteroatoms. The van der Waals surface area contributed by atoms with Crippen molar-refractivity contribution in [3.63, 3.8) is 0 Å². The van der Waals surface area contributed by atoms with Crippen LogP contribution in [0.3, 0.4) is 0 Å². The van der Waals surface area contributed by atoms with E-state index in [4.69, 9.17) is 0 Å². The van der Waals surface area contributed by atoms with E-state index < -0.39 is 0 Å². The van der Waals surface area contributed by atoms with E-state index in [1.54, 1.807) is 0 Å². The van der Waals surface area contributed by atoms with Crippen molar-refractivity contribution < 1.29 is 0 Å². The van der Waals surface area contributed by atoms with Crippen molar-refractivity contribution >= 4 is 43.5 Å². The van der Waals surface area contributed by atoms with Crippen LogP contribution in [0.4, 0.5) is 0 Å². The fourth-order valence-electron chi connectivity index (χ4n) is 7.40. The second-order valence-corrected chi connectivity index (χ2v) is 12.4. The molecule has 0 saturated heterocycles. The molecule has 0 bridgehead atoms. The van der Waals surface area contributed by atoms with Gasteiger partial charge in [0, 0.05) is 55.9 Å². The van der Waals surface area contributed by atoms with Crippen LogP contribution in [0.25, 0.3) is 83.3 Å². The maximum absolute atomic E-state index is 4.68. The summed E-state index contributed by atoms with van der Waals surface area (Å²) in [5.74, 6) is 1.61. The Morgan fingerprint density at radius 2 is 0.837 bits per heavy atom. The van der Waals surface area contributed by atoms with Crippen molar-refractivity contribution in [3.05, 3.63) is 176 Å². The molecule has 0 aliphatic rings. The van der Waals surface area contributed by atoms with Gasteiger partial charge in [0.05, 0.1) is 16.6 Å². The maximum Gasteiger partial charge on any atom is 0.168 e. The van der Waals surface area contributed by atoms with Crippen molar-refractivity contribution in [3.8, 4) is 39.8 Å². The van der Waals surface area contributed by atoms with Crippen LogP contribution in [0.2, 0.25) is 0 Å². The second-order valence-electron chi connectivity index (χ2n) is 12.4. The molecule has 0 saturated carbocycles. The van der Waals surface area contributed by atoms with E-state index in [1.165, 1.54) is 43.5 Å². The number of nitrogens with zero attached hydrogens (tertiary/aromatic N) is 5. The number of para-hydroxylation sites is 2. The largest absolute Gasteiger partial charge is 0.317 e. The Labute approximate surface area is 282 Å². The van der Waals surface area contributed by atoms with Gasteiger partial charge in [-0.1, -0.05) is 115 Å². The van der Waals surface area contributed by atoms with Gasteiger partial charge < -0.3 is 9.13 Å². The van der Waals surface area contributed by atoms with E-state index in [0.29, 0.717) is 0 Å². The Morgan fingerprint density at radius 1 is 0.327 bits per heavy atom. The zero-order valence-electron chi connectivity index (χ0n) is 26.5. The molecule has 0 atom stereocenters. The second kappa shape index (κ2) is 10.9. The van der Waals surface area contributed by atoms with E-state index in [0.717, 1.165) is 39.8 Å². The van der Waals surface area contributed by atoms with Gasteiger partial charge in [0.1, 0.15) is 0 Å². The first-order chi connectivity index (χ1) is 24.3. The molecule has 0 spiro atoms. The zero-order valence-corrected chi connectivity index (χ0v) is 26.5. The summed E-state index contributed by atoms with van der Waals surface area (Å²) in [5, 5.41) is 15.5. The number of rotatable bonds is 5. The van der Waals surface area contributed by atoms with Crippen molar-refractivity contribution in [1.29, 1.82) is 0 Å². The van der Waals surface area contributed by atoms with Gasteiger partial charge in [-0.2, -0.15) is 0 Å². The summed E-state index contributed by atoms with van der Waals surface area (Å²) in [6, 6.07) is 59.9. The number of hydrogen-bond donors (Lipinski definition) is 0. The Kier molecular flexibility index (Phi) is 6.11. The smallest absolute Gasteiger partial charge is 0.168 e. The van der Waals surface area contributed by atoms with E-state index in [2.05, 4.69) is 164 Å². The predicted octanol–water partition coefficient (Wildman–Crippen LogP) is 10.8. The van der Waals surface area contributed by atoms with E-state index in [1.807, 2.05) is 36.4 Å². The molecule has 3 heterocycles. The minimum Gasteiger partial charge on any atom is -0.317 e. The lowest BCUT2D eigenvalue weighted by atomic mass is 10.0. The van der Waals surface area contributed by atoms with Crippen LogP contribution in [0.15, 0.2) is 176 Å². The summed E-state index contributed by atoms with van der Waals surface area (Å²) in [6.45, 7) is 0. The highest BCUT2D eigenvalue weighted by atomic mass is 15.3. The predicted molar refractivity (Wildman–Crippen MR) is 201 cm³/mol. The third kappa shape index (κ3) is 4.26. The van der Waals surface area contributed by atoms with Crippen LogP contribution < -0.4 is 0 Å². The molecule has 0 fully saturated rings. The standard InChI is InChI=1S/C44H29N5/c1-4-12-30(13-5-1)43-45-46-44(31-14-6-2-7-15-31)49(43)34-22-20-33(21-23-34)48-41-19-11-10-18-36(41)39-25-24-35-37-28-29-47(32-16-8-3-9-17-32)40(37)27-26-38(35)42(39)48/h1-29H. The Hall–Kier alpha value is -6.72. The lowest BCUT2D eigenvalue weighted by Crippen LogP contribution is -2.01. The van der Waals surface area contributed by atoms with Gasteiger partial charge in [0.2, 0.25) is 0 Å². The SMILES string of the molecule is c1ccc(-c2nnc(-c3ccccc3)n2-c2ccc(-n3c4ccccc4c4ccc5c6ccn(-c7ccccc7)c6ccc5c43)cc2)cc1. The summed E-state index contributed by atoms with van der Waals surface area (Å²) in [4.78, 5) is 0. The zero-order chi connectivity index (χ0) is 32.3. The van der Waals surface area contributed by atoms with Gasteiger partial charge in [-0.25, -0.2) is 0 Å². The highest BCUT2D eigenvalue weighted by Crippen LogP contribution is 2.39. The molecule has 0 radical (unpaired) electrons. The summed E-state index contributed by atoms with van der Waals surface area (Å²) in [6.07, 6.45) is 2.18. The molecule has 7 aromatic carbocycles. The van der Waals surface area contributed by atoms with Crippen LogP contribution in [0.5, 0.6) is 0 Å². The summed E-state index contributed by atoms with van der Waals surface area (Å²) >= 11 is 0. The minimum atomic E-state index is 0.807. The van der Waals surface area contributed by atoms with Gasteiger partial charge >= 0.3 is 0 Å². The molecule has 0 amide bonds. The fourth-order valence-corrected chi connectivity index (χ4v) is 7.40. The topological polar surface area (TPSA) is 40.6 Å². The summed E-state index contributed by atoms with van der Waals surface area (Å²) in [7, 11) is 0. The summed E-state index contributed by atoms with van der Waals surface area (Å²) < 4.78 is 6.84. The third-order valence-electron chi connectivity index (χ3n) is 9.63. The number of hydrogen-bond acceptors (Lipinski definition) is 2. The first kappa shape index (κ1) is 27.4. The van der Waals surface area contributed by atoms with E-state index in [-0.39, 0.29) is 0 Å². The molecule has 3 aromatic heterocycles. The molecule has 49 heavy (non-hydrogen) atoms. The first-order valence-corrected chi connectivity index (χ1v) is 16.5. The average molecular weight is 628 g/mol. The number of aromatic nitrogens is 5. The van der Waals surface area contributed by atoms with Crippen molar-refractivity contribution in [2.24, 2.45) is 0 Å². The molecule has 10 rings (SSSR count). The molecular weight excluding hydrogens is 599 g/mol. The van der Waals surface area contributed by atoms with E-state index in [9.17, 15) is 0 Å². The highest BCUT2D eigenvalue weighted by Gasteiger charge is 2.19. The van der Waals surface area contributed by atoms with Gasteiger partial charge in [-0.05, 0) is 60.0 Å². The Morgan fingerprint density at radius 3 is 1.51 bits per heavy atom. The quantitative estimate of drug-likeness (QED) is 0.190. The van der Waals surface area contributed by atoms with Crippen molar-refractivity contribution in [2.75, 3.05) is 0 Å². The van der Waals surface area contributed by atoms with E-state index >= 15 is 0 Å². The third-order valence-corrected chi connectivity index (χ3v) is 9.63. The van der Waals surface area contributed by atoms with Crippen LogP contribution >= 0.6 is 0 Å². The first-order valence-electron chi connectivity index (χ1n) is 16.5. The van der Waals surface area contributed by atoms with Gasteiger partial charge in [0.15, 0.2) is 11.6 Å². The van der Waals surface area contributed by atoms with Crippen molar-refractivity contribution in [2.45, 2.75) is 0 Å². The molecule has 0 aliphatic carbocycles. The van der Waals surface area contributed by atoms with Crippen LogP contribution in [0.1, 0.15) is 0 Å². The van der Waals surface area contributed by atoms with Crippen molar-refractivity contribution in [1.82, 2.24) is 23.9 Å². The molecule has 0 unspecified atom stereocenters. The lowest BCUT2D eigenvalue weighted by molar-refractivity contribution is 1.07. The number of fused-ring (bicyclic) bond motifs is 7. The summed E-state index contributed by atoms with van der Waals surface area (Å²) in [5.41, 5.74) is 8.87. The molecule has 10 aromatic rings. The Balaban J connectivity index is 1.18. The Bertz CT molecular complexity index is 2730.